The first-order chi connectivity index (χ1) is 12.7. The number of hydrogen-bond acceptors (Lipinski definition) is 5. The molecule has 26 heavy (non-hydrogen) atoms. The first-order valence-corrected chi connectivity index (χ1v) is 8.21. The molecule has 1 aromatic carbocycles. The lowest BCUT2D eigenvalue weighted by Crippen LogP contribution is -2.24. The largest absolute Gasteiger partial charge is 0.368 e. The molecule has 6 nitrogen and oxygen atoms in total. The molecule has 2 N–H and O–H groups in total. The Morgan fingerprint density at radius 3 is 2.54 bits per heavy atom. The molecule has 0 saturated heterocycles. The smallest absolute Gasteiger partial charge is 0.272 e. The maximum atomic E-state index is 12.9. The van der Waals surface area contributed by atoms with E-state index in [2.05, 4.69) is 25.8 Å². The quantitative estimate of drug-likeness (QED) is 0.684. The van der Waals surface area contributed by atoms with Gasteiger partial charge in [-0.15, -0.1) is 10.2 Å². The van der Waals surface area contributed by atoms with Crippen LogP contribution < -0.4 is 10.6 Å². The minimum atomic E-state index is -0.305. The van der Waals surface area contributed by atoms with Crippen molar-refractivity contribution in [1.82, 2.24) is 20.5 Å². The average molecular weight is 351 g/mol. The van der Waals surface area contributed by atoms with E-state index in [0.29, 0.717) is 18.9 Å². The minimum Gasteiger partial charge on any atom is -0.368 e. The first kappa shape index (κ1) is 17.5. The van der Waals surface area contributed by atoms with Gasteiger partial charge in [0.05, 0.1) is 12.2 Å². The fourth-order valence-corrected chi connectivity index (χ4v) is 2.30. The Labute approximate surface area is 150 Å². The lowest BCUT2D eigenvalue weighted by Gasteiger charge is -2.07. The zero-order valence-electron chi connectivity index (χ0n) is 14.0. The van der Waals surface area contributed by atoms with Crippen LogP contribution in [0.15, 0.2) is 60.8 Å². The third kappa shape index (κ3) is 5.07. The van der Waals surface area contributed by atoms with Crippen LogP contribution in [-0.2, 0) is 13.0 Å². The number of nitrogens with one attached hydrogen (secondary N) is 2. The van der Waals surface area contributed by atoms with E-state index < -0.39 is 0 Å². The van der Waals surface area contributed by atoms with E-state index in [1.807, 2.05) is 18.2 Å². The first-order valence-electron chi connectivity index (χ1n) is 8.21. The van der Waals surface area contributed by atoms with Crippen molar-refractivity contribution in [3.63, 3.8) is 0 Å². The Bertz CT molecular complexity index is 838. The maximum Gasteiger partial charge on any atom is 0.272 e. The standard InChI is InChI=1S/C19H18FN5O/c20-15-6-4-14(5-7-15)10-12-22-18-9-8-17(24-25-18)19(26)23-13-16-3-1-2-11-21-16/h1-9,11H,10,12-13H2,(H,22,25)(H,23,26). The van der Waals surface area contributed by atoms with Crippen molar-refractivity contribution in [2.24, 2.45) is 0 Å². The van der Waals surface area contributed by atoms with Crippen LogP contribution in [0.25, 0.3) is 0 Å². The van der Waals surface area contributed by atoms with Crippen molar-refractivity contribution in [3.05, 3.63) is 83.6 Å². The molecule has 0 atom stereocenters. The SMILES string of the molecule is O=C(NCc1ccccn1)c1ccc(NCCc2ccc(F)cc2)nn1. The number of anilines is 1. The Hall–Kier alpha value is -3.35. The molecule has 132 valence electrons. The molecule has 0 saturated carbocycles. The van der Waals surface area contributed by atoms with E-state index in [4.69, 9.17) is 0 Å². The van der Waals surface area contributed by atoms with Crippen LogP contribution in [0.2, 0.25) is 0 Å². The molecule has 3 aromatic rings. The predicted octanol–water partition coefficient (Wildman–Crippen LogP) is 2.60. The molecule has 0 aliphatic rings. The van der Waals surface area contributed by atoms with E-state index in [1.165, 1.54) is 12.1 Å². The summed E-state index contributed by atoms with van der Waals surface area (Å²) in [6.45, 7) is 0.963. The molecule has 0 unspecified atom stereocenters. The van der Waals surface area contributed by atoms with Gasteiger partial charge in [-0.25, -0.2) is 4.39 Å². The van der Waals surface area contributed by atoms with Gasteiger partial charge in [0.25, 0.3) is 5.91 Å². The van der Waals surface area contributed by atoms with Crippen LogP contribution >= 0.6 is 0 Å². The summed E-state index contributed by atoms with van der Waals surface area (Å²) in [6.07, 6.45) is 2.40. The van der Waals surface area contributed by atoms with Crippen LogP contribution in [0.1, 0.15) is 21.7 Å². The molecule has 2 heterocycles. The molecule has 0 bridgehead atoms. The van der Waals surface area contributed by atoms with Gasteiger partial charge >= 0.3 is 0 Å². The van der Waals surface area contributed by atoms with E-state index >= 15 is 0 Å². The number of halogens is 1. The average Bonchev–Trinajstić information content (AvgIpc) is 2.69. The van der Waals surface area contributed by atoms with Crippen LogP contribution in [-0.4, -0.2) is 27.6 Å². The van der Waals surface area contributed by atoms with Crippen molar-refractivity contribution >= 4 is 11.7 Å². The van der Waals surface area contributed by atoms with Crippen molar-refractivity contribution < 1.29 is 9.18 Å². The molecule has 0 aliphatic heterocycles. The Morgan fingerprint density at radius 1 is 1.00 bits per heavy atom. The number of hydrogen-bond donors (Lipinski definition) is 2. The summed E-state index contributed by atoms with van der Waals surface area (Å²) >= 11 is 0. The Balaban J connectivity index is 1.46. The van der Waals surface area contributed by atoms with Gasteiger partial charge in [0, 0.05) is 12.7 Å². The lowest BCUT2D eigenvalue weighted by atomic mass is 10.1. The highest BCUT2D eigenvalue weighted by Gasteiger charge is 2.08. The molecule has 0 spiro atoms. The van der Waals surface area contributed by atoms with Gasteiger partial charge in [0.15, 0.2) is 5.69 Å². The molecule has 3 rings (SSSR count). The number of benzene rings is 1. The van der Waals surface area contributed by atoms with Gasteiger partial charge in [-0.3, -0.25) is 9.78 Å². The summed E-state index contributed by atoms with van der Waals surface area (Å²) in [7, 11) is 0. The number of amides is 1. The number of carbonyl (C=O) groups excluding carboxylic acids is 1. The molecule has 7 heteroatoms. The van der Waals surface area contributed by atoms with Crippen molar-refractivity contribution in [1.29, 1.82) is 0 Å². The fourth-order valence-electron chi connectivity index (χ4n) is 2.30. The molecular formula is C19H18FN5O. The summed E-state index contributed by atoms with van der Waals surface area (Å²) in [5.74, 6) is 0.0267. The van der Waals surface area contributed by atoms with Gasteiger partial charge < -0.3 is 10.6 Å². The lowest BCUT2D eigenvalue weighted by molar-refractivity contribution is 0.0944. The highest BCUT2D eigenvalue weighted by atomic mass is 19.1. The number of rotatable bonds is 7. The Morgan fingerprint density at radius 2 is 1.85 bits per heavy atom. The van der Waals surface area contributed by atoms with E-state index in [0.717, 1.165) is 17.7 Å². The van der Waals surface area contributed by atoms with Crippen LogP contribution in [0.4, 0.5) is 10.2 Å². The summed E-state index contributed by atoms with van der Waals surface area (Å²) in [4.78, 5) is 16.2. The van der Waals surface area contributed by atoms with Crippen molar-refractivity contribution in [3.8, 4) is 0 Å². The number of aromatic nitrogens is 3. The van der Waals surface area contributed by atoms with Crippen LogP contribution in [0.5, 0.6) is 0 Å². The zero-order chi connectivity index (χ0) is 18.2. The monoisotopic (exact) mass is 351 g/mol. The molecule has 0 aliphatic carbocycles. The third-order valence-electron chi connectivity index (χ3n) is 3.69. The fraction of sp³-hybridized carbons (Fsp3) is 0.158. The summed E-state index contributed by atoms with van der Waals surface area (Å²) in [6, 6.07) is 15.2. The third-order valence-corrected chi connectivity index (χ3v) is 3.69. The summed E-state index contributed by atoms with van der Waals surface area (Å²) in [5, 5.41) is 13.8. The van der Waals surface area contributed by atoms with E-state index in [9.17, 15) is 9.18 Å². The molecule has 0 radical (unpaired) electrons. The molecular weight excluding hydrogens is 333 g/mol. The van der Waals surface area contributed by atoms with Crippen molar-refractivity contribution in [2.45, 2.75) is 13.0 Å². The number of nitrogens with zero attached hydrogens (tertiary/aromatic N) is 3. The second-order valence-electron chi connectivity index (χ2n) is 5.61. The highest BCUT2D eigenvalue weighted by Crippen LogP contribution is 2.06. The molecule has 0 fully saturated rings. The molecule has 1 amide bonds. The van der Waals surface area contributed by atoms with Crippen molar-refractivity contribution in [2.75, 3.05) is 11.9 Å². The highest BCUT2D eigenvalue weighted by molar-refractivity contribution is 5.92. The van der Waals surface area contributed by atoms with Gasteiger partial charge in [-0.1, -0.05) is 18.2 Å². The number of carbonyl (C=O) groups is 1. The second-order valence-corrected chi connectivity index (χ2v) is 5.61. The van der Waals surface area contributed by atoms with Gasteiger partial charge in [0.2, 0.25) is 0 Å². The Kier molecular flexibility index (Phi) is 5.82. The zero-order valence-corrected chi connectivity index (χ0v) is 14.0. The molecule has 2 aromatic heterocycles. The number of pyridine rings is 1. The van der Waals surface area contributed by atoms with E-state index in [-0.39, 0.29) is 17.4 Å². The predicted molar refractivity (Wildman–Crippen MR) is 96.0 cm³/mol. The van der Waals surface area contributed by atoms with E-state index in [1.54, 1.807) is 30.5 Å². The van der Waals surface area contributed by atoms with Crippen LogP contribution in [0, 0.1) is 5.82 Å². The van der Waals surface area contributed by atoms with Gasteiger partial charge in [0.1, 0.15) is 11.6 Å². The summed E-state index contributed by atoms with van der Waals surface area (Å²) in [5.41, 5.74) is 2.04. The topological polar surface area (TPSA) is 79.8 Å². The van der Waals surface area contributed by atoms with Crippen LogP contribution in [0.3, 0.4) is 0 Å². The van der Waals surface area contributed by atoms with Gasteiger partial charge in [-0.05, 0) is 48.4 Å². The van der Waals surface area contributed by atoms with Gasteiger partial charge in [-0.2, -0.15) is 0 Å². The summed E-state index contributed by atoms with van der Waals surface area (Å²) < 4.78 is 12.9. The normalized spacial score (nSPS) is 10.3. The minimum absolute atomic E-state index is 0.241. The maximum absolute atomic E-state index is 12.9. The second kappa shape index (κ2) is 8.66.